The summed E-state index contributed by atoms with van der Waals surface area (Å²) in [5, 5.41) is 2.89. The third kappa shape index (κ3) is 6.63. The lowest BCUT2D eigenvalue weighted by molar-refractivity contribution is -0.135. The first-order valence-corrected chi connectivity index (χ1v) is 10.5. The van der Waals surface area contributed by atoms with E-state index in [-0.39, 0.29) is 24.4 Å². The molecule has 2 aromatic rings. The predicted octanol–water partition coefficient (Wildman–Crippen LogP) is 4.78. The summed E-state index contributed by atoms with van der Waals surface area (Å²) >= 11 is 0. The predicted molar refractivity (Wildman–Crippen MR) is 115 cm³/mol. The number of rotatable bonds is 7. The van der Waals surface area contributed by atoms with Gasteiger partial charge in [0.15, 0.2) is 0 Å². The molecule has 0 aliphatic heterocycles. The van der Waals surface area contributed by atoms with E-state index in [9.17, 15) is 9.59 Å². The van der Waals surface area contributed by atoms with Crippen LogP contribution in [0.25, 0.3) is 0 Å². The number of nitrogens with zero attached hydrogens (tertiary/aromatic N) is 1. The molecule has 5 heteroatoms. The summed E-state index contributed by atoms with van der Waals surface area (Å²) in [4.78, 5) is 26.4. The average Bonchev–Trinajstić information content (AvgIpc) is 3.01. The molecule has 0 aromatic heterocycles. The summed E-state index contributed by atoms with van der Waals surface area (Å²) in [5.74, 6) is 0.551. The Labute approximate surface area is 173 Å². The van der Waals surface area contributed by atoms with Crippen LogP contribution in [0.3, 0.4) is 0 Å². The van der Waals surface area contributed by atoms with Crippen molar-refractivity contribution in [3.63, 3.8) is 0 Å². The van der Waals surface area contributed by atoms with Gasteiger partial charge in [-0.1, -0.05) is 56.0 Å². The van der Waals surface area contributed by atoms with Crippen LogP contribution < -0.4 is 10.1 Å². The Morgan fingerprint density at radius 3 is 2.24 bits per heavy atom. The number of hydrogen-bond acceptors (Lipinski definition) is 3. The summed E-state index contributed by atoms with van der Waals surface area (Å²) in [6, 6.07) is 17.5. The van der Waals surface area contributed by atoms with Crippen LogP contribution in [-0.2, 0) is 16.2 Å². The molecule has 0 spiro atoms. The van der Waals surface area contributed by atoms with Crippen LogP contribution >= 0.6 is 0 Å². The normalized spacial score (nSPS) is 14.7. The Bertz CT molecular complexity index is 782. The highest BCUT2D eigenvalue weighted by Gasteiger charge is 2.24. The minimum atomic E-state index is -0.164. The summed E-state index contributed by atoms with van der Waals surface area (Å²) in [5.41, 5.74) is 1.80. The largest absolute Gasteiger partial charge is 0.489 e. The van der Waals surface area contributed by atoms with Gasteiger partial charge < -0.3 is 15.0 Å². The monoisotopic (exact) mass is 394 g/mol. The molecule has 1 aliphatic rings. The molecule has 0 bridgehead atoms. The van der Waals surface area contributed by atoms with Crippen LogP contribution in [0.4, 0.5) is 5.69 Å². The Balaban J connectivity index is 1.51. The lowest BCUT2D eigenvalue weighted by atomic mass is 10.1. The quantitative estimate of drug-likeness (QED) is 0.688. The molecule has 0 heterocycles. The lowest BCUT2D eigenvalue weighted by Gasteiger charge is -2.29. The van der Waals surface area contributed by atoms with Crippen molar-refractivity contribution in [3.8, 4) is 5.75 Å². The van der Waals surface area contributed by atoms with Crippen LogP contribution in [0.15, 0.2) is 54.6 Å². The zero-order valence-corrected chi connectivity index (χ0v) is 17.1. The number of carbonyl (C=O) groups is 2. The fourth-order valence-corrected chi connectivity index (χ4v) is 3.80. The van der Waals surface area contributed by atoms with Crippen molar-refractivity contribution in [3.05, 3.63) is 60.2 Å². The first kappa shape index (κ1) is 20.9. The van der Waals surface area contributed by atoms with E-state index in [0.717, 1.165) is 37.0 Å². The maximum Gasteiger partial charge on any atom is 0.244 e. The van der Waals surface area contributed by atoms with Gasteiger partial charge in [-0.3, -0.25) is 9.59 Å². The van der Waals surface area contributed by atoms with Crippen molar-refractivity contribution in [1.29, 1.82) is 0 Å². The Morgan fingerprint density at radius 1 is 0.966 bits per heavy atom. The maximum atomic E-state index is 12.5. The van der Waals surface area contributed by atoms with Gasteiger partial charge in [0.25, 0.3) is 0 Å². The molecule has 1 saturated carbocycles. The molecular weight excluding hydrogens is 364 g/mol. The van der Waals surface area contributed by atoms with Crippen molar-refractivity contribution < 1.29 is 14.3 Å². The van der Waals surface area contributed by atoms with Crippen LogP contribution in [0.1, 0.15) is 51.0 Å². The third-order valence-corrected chi connectivity index (χ3v) is 5.37. The van der Waals surface area contributed by atoms with Crippen molar-refractivity contribution in [2.75, 3.05) is 11.9 Å². The van der Waals surface area contributed by atoms with Gasteiger partial charge in [0.05, 0.1) is 0 Å². The van der Waals surface area contributed by atoms with Crippen molar-refractivity contribution in [2.45, 2.75) is 58.1 Å². The van der Waals surface area contributed by atoms with E-state index in [1.165, 1.54) is 12.8 Å². The van der Waals surface area contributed by atoms with E-state index in [1.807, 2.05) is 54.6 Å². The molecule has 0 unspecified atom stereocenters. The number of hydrogen-bond donors (Lipinski definition) is 1. The van der Waals surface area contributed by atoms with Gasteiger partial charge >= 0.3 is 0 Å². The molecule has 1 aliphatic carbocycles. The molecule has 154 valence electrons. The molecule has 29 heavy (non-hydrogen) atoms. The first-order chi connectivity index (χ1) is 14.1. The van der Waals surface area contributed by atoms with Crippen LogP contribution in [-0.4, -0.2) is 29.3 Å². The number of benzene rings is 2. The number of anilines is 1. The molecule has 2 amide bonds. The summed E-state index contributed by atoms with van der Waals surface area (Å²) in [6.45, 7) is 2.16. The minimum absolute atomic E-state index is 0.0308. The topological polar surface area (TPSA) is 58.6 Å². The lowest BCUT2D eigenvalue weighted by Crippen LogP contribution is -2.43. The van der Waals surface area contributed by atoms with E-state index in [4.69, 9.17) is 4.74 Å². The highest BCUT2D eigenvalue weighted by atomic mass is 16.5. The third-order valence-electron chi connectivity index (χ3n) is 5.37. The molecule has 0 radical (unpaired) electrons. The van der Waals surface area contributed by atoms with E-state index in [0.29, 0.717) is 12.3 Å². The van der Waals surface area contributed by atoms with Gasteiger partial charge in [-0.25, -0.2) is 0 Å². The van der Waals surface area contributed by atoms with Crippen LogP contribution in [0.5, 0.6) is 5.75 Å². The summed E-state index contributed by atoms with van der Waals surface area (Å²) in [6.07, 6.45) is 6.65. The van der Waals surface area contributed by atoms with Crippen molar-refractivity contribution >= 4 is 17.5 Å². The molecule has 1 fully saturated rings. The number of nitrogens with one attached hydrogen (secondary N) is 1. The molecule has 0 saturated heterocycles. The Kier molecular flexibility index (Phi) is 7.68. The fraction of sp³-hybridized carbons (Fsp3) is 0.417. The second-order valence-corrected chi connectivity index (χ2v) is 7.64. The zero-order valence-electron chi connectivity index (χ0n) is 17.1. The highest BCUT2D eigenvalue weighted by Crippen LogP contribution is 2.22. The van der Waals surface area contributed by atoms with E-state index >= 15 is 0 Å². The molecular formula is C24H30N2O3. The SMILES string of the molecule is CC(=O)N(CC(=O)Nc1ccc(OCc2ccccc2)cc1)C1CCCCCC1. The maximum absolute atomic E-state index is 12.5. The number of ether oxygens (including phenoxy) is 1. The van der Waals surface area contributed by atoms with E-state index in [2.05, 4.69) is 5.32 Å². The Morgan fingerprint density at radius 2 is 1.62 bits per heavy atom. The van der Waals surface area contributed by atoms with Crippen molar-refractivity contribution in [2.24, 2.45) is 0 Å². The van der Waals surface area contributed by atoms with Gasteiger partial charge in [0, 0.05) is 18.7 Å². The fourth-order valence-electron chi connectivity index (χ4n) is 3.80. The molecule has 0 atom stereocenters. The zero-order chi connectivity index (χ0) is 20.5. The van der Waals surface area contributed by atoms with Gasteiger partial charge in [-0.05, 0) is 42.7 Å². The van der Waals surface area contributed by atoms with Gasteiger partial charge in [0.1, 0.15) is 18.9 Å². The first-order valence-electron chi connectivity index (χ1n) is 10.5. The van der Waals surface area contributed by atoms with Crippen LogP contribution in [0, 0.1) is 0 Å². The Hall–Kier alpha value is -2.82. The standard InChI is InChI=1S/C24H30N2O3/c1-19(27)26(22-11-7-2-3-8-12-22)17-24(28)25-21-13-15-23(16-14-21)29-18-20-9-5-4-6-10-20/h4-6,9-10,13-16,22H,2-3,7-8,11-12,17-18H2,1H3,(H,25,28). The van der Waals surface area contributed by atoms with Gasteiger partial charge in [-0.15, -0.1) is 0 Å². The van der Waals surface area contributed by atoms with Crippen molar-refractivity contribution in [1.82, 2.24) is 4.90 Å². The second kappa shape index (κ2) is 10.6. The molecule has 1 N–H and O–H groups in total. The summed E-state index contributed by atoms with van der Waals surface area (Å²) in [7, 11) is 0. The molecule has 2 aromatic carbocycles. The highest BCUT2D eigenvalue weighted by molar-refractivity contribution is 5.94. The molecule has 5 nitrogen and oxygen atoms in total. The van der Waals surface area contributed by atoms with E-state index in [1.54, 1.807) is 11.8 Å². The van der Waals surface area contributed by atoms with Gasteiger partial charge in [0.2, 0.25) is 11.8 Å². The smallest absolute Gasteiger partial charge is 0.244 e. The van der Waals surface area contributed by atoms with Crippen LogP contribution in [0.2, 0.25) is 0 Å². The van der Waals surface area contributed by atoms with Gasteiger partial charge in [-0.2, -0.15) is 0 Å². The number of amides is 2. The average molecular weight is 395 g/mol. The molecule has 3 rings (SSSR count). The minimum Gasteiger partial charge on any atom is -0.489 e. The summed E-state index contributed by atoms with van der Waals surface area (Å²) < 4.78 is 5.77. The van der Waals surface area contributed by atoms with E-state index < -0.39 is 0 Å². The number of carbonyl (C=O) groups excluding carboxylic acids is 2. The second-order valence-electron chi connectivity index (χ2n) is 7.64.